The van der Waals surface area contributed by atoms with Crippen molar-refractivity contribution >= 4 is 11.9 Å². The first-order valence-electron chi connectivity index (χ1n) is 7.08. The molecule has 1 aliphatic rings. The van der Waals surface area contributed by atoms with Gasteiger partial charge in [-0.3, -0.25) is 9.59 Å². The molecule has 2 rings (SSSR count). The molecule has 1 aromatic carbocycles. The number of methoxy groups -OCH3 is 1. The number of hydrogen-bond acceptors (Lipinski definition) is 3. The summed E-state index contributed by atoms with van der Waals surface area (Å²) < 4.78 is 4.61. The van der Waals surface area contributed by atoms with Gasteiger partial charge in [-0.05, 0) is 24.8 Å². The molecule has 1 amide bonds. The Morgan fingerprint density at radius 2 is 2.00 bits per heavy atom. The Bertz CT molecular complexity index is 472. The van der Waals surface area contributed by atoms with Crippen molar-refractivity contribution in [1.29, 1.82) is 0 Å². The first-order chi connectivity index (χ1) is 9.67. The van der Waals surface area contributed by atoms with Crippen LogP contribution in [0, 0.1) is 5.92 Å². The maximum Gasteiger partial charge on any atom is 0.307 e. The zero-order valence-corrected chi connectivity index (χ0v) is 12.0. The van der Waals surface area contributed by atoms with E-state index in [1.807, 2.05) is 25.1 Å². The van der Waals surface area contributed by atoms with Crippen molar-refractivity contribution in [2.75, 3.05) is 20.2 Å². The molecule has 1 saturated carbocycles. The summed E-state index contributed by atoms with van der Waals surface area (Å²) in [6, 6.07) is 10.1. The number of carbonyl (C=O) groups excluding carboxylic acids is 2. The van der Waals surface area contributed by atoms with Crippen LogP contribution in [-0.4, -0.2) is 37.0 Å². The molecule has 0 radical (unpaired) electrons. The van der Waals surface area contributed by atoms with E-state index in [0.717, 1.165) is 6.42 Å². The van der Waals surface area contributed by atoms with Gasteiger partial charge in [-0.1, -0.05) is 30.3 Å². The third-order valence-corrected chi connectivity index (χ3v) is 3.84. The van der Waals surface area contributed by atoms with Crippen molar-refractivity contribution in [3.63, 3.8) is 0 Å². The molecule has 2 atom stereocenters. The third kappa shape index (κ3) is 3.38. The molecule has 2 unspecified atom stereocenters. The molecule has 1 fully saturated rings. The van der Waals surface area contributed by atoms with E-state index in [1.54, 1.807) is 4.90 Å². The minimum atomic E-state index is -0.272. The molecule has 0 saturated heterocycles. The largest absolute Gasteiger partial charge is 0.469 e. The van der Waals surface area contributed by atoms with Gasteiger partial charge in [-0.25, -0.2) is 0 Å². The van der Waals surface area contributed by atoms with Crippen LogP contribution in [0.15, 0.2) is 30.3 Å². The van der Waals surface area contributed by atoms with Gasteiger partial charge in [0, 0.05) is 19.0 Å². The lowest BCUT2D eigenvalue weighted by Crippen LogP contribution is -2.34. The summed E-state index contributed by atoms with van der Waals surface area (Å²) in [6.45, 7) is 3.02. The van der Waals surface area contributed by atoms with E-state index < -0.39 is 0 Å². The first kappa shape index (κ1) is 14.6. The summed E-state index contributed by atoms with van der Waals surface area (Å²) in [4.78, 5) is 25.3. The average molecular weight is 275 g/mol. The fraction of sp³-hybridized carbons (Fsp3) is 0.500. The summed E-state index contributed by atoms with van der Waals surface area (Å²) in [7, 11) is 1.37. The molecule has 0 bridgehead atoms. The molecule has 0 heterocycles. The Balaban J connectivity index is 1.89. The monoisotopic (exact) mass is 275 g/mol. The Morgan fingerprint density at radius 3 is 2.60 bits per heavy atom. The minimum absolute atomic E-state index is 0.0787. The number of rotatable bonds is 6. The maximum atomic E-state index is 12.4. The van der Waals surface area contributed by atoms with Crippen LogP contribution in [0.25, 0.3) is 0 Å². The van der Waals surface area contributed by atoms with Crippen LogP contribution in [0.4, 0.5) is 0 Å². The second-order valence-corrected chi connectivity index (χ2v) is 5.10. The highest BCUT2D eigenvalue weighted by Gasteiger charge is 2.45. The number of benzene rings is 1. The van der Waals surface area contributed by atoms with Gasteiger partial charge in [0.05, 0.1) is 13.5 Å². The topological polar surface area (TPSA) is 46.6 Å². The SMILES string of the molecule is CCN(CCC(=O)OC)C(=O)C1CC1c1ccccc1. The van der Waals surface area contributed by atoms with Crippen molar-refractivity contribution in [1.82, 2.24) is 4.90 Å². The molecule has 0 aliphatic heterocycles. The van der Waals surface area contributed by atoms with Crippen LogP contribution in [0.3, 0.4) is 0 Å². The Morgan fingerprint density at radius 1 is 1.30 bits per heavy atom. The Kier molecular flexibility index (Phi) is 4.77. The van der Waals surface area contributed by atoms with E-state index in [9.17, 15) is 9.59 Å². The molecule has 1 aliphatic carbocycles. The van der Waals surface area contributed by atoms with Gasteiger partial charge in [-0.15, -0.1) is 0 Å². The summed E-state index contributed by atoms with van der Waals surface area (Å²) >= 11 is 0. The lowest BCUT2D eigenvalue weighted by Gasteiger charge is -2.20. The zero-order valence-electron chi connectivity index (χ0n) is 12.0. The highest BCUT2D eigenvalue weighted by Crippen LogP contribution is 2.48. The van der Waals surface area contributed by atoms with E-state index in [4.69, 9.17) is 0 Å². The molecule has 4 heteroatoms. The highest BCUT2D eigenvalue weighted by atomic mass is 16.5. The second kappa shape index (κ2) is 6.55. The van der Waals surface area contributed by atoms with Crippen LogP contribution in [0.2, 0.25) is 0 Å². The van der Waals surface area contributed by atoms with Crippen molar-refractivity contribution in [2.24, 2.45) is 5.92 Å². The molecule has 108 valence electrons. The molecule has 0 N–H and O–H groups in total. The van der Waals surface area contributed by atoms with Crippen molar-refractivity contribution < 1.29 is 14.3 Å². The van der Waals surface area contributed by atoms with E-state index in [1.165, 1.54) is 12.7 Å². The molecule has 0 spiro atoms. The summed E-state index contributed by atoms with van der Waals surface area (Å²) in [5.74, 6) is 0.308. The number of hydrogen-bond donors (Lipinski definition) is 0. The standard InChI is InChI=1S/C16H21NO3/c1-3-17(10-9-15(18)20-2)16(19)14-11-13(14)12-7-5-4-6-8-12/h4-8,13-14H,3,9-11H2,1-2H3. The van der Waals surface area contributed by atoms with E-state index in [2.05, 4.69) is 16.9 Å². The van der Waals surface area contributed by atoms with Gasteiger partial charge >= 0.3 is 5.97 Å². The van der Waals surface area contributed by atoms with Crippen molar-refractivity contribution in [3.05, 3.63) is 35.9 Å². The number of esters is 1. The average Bonchev–Trinajstić information content (AvgIpc) is 3.28. The lowest BCUT2D eigenvalue weighted by molar-refractivity contribution is -0.141. The van der Waals surface area contributed by atoms with Gasteiger partial charge in [0.2, 0.25) is 5.91 Å². The van der Waals surface area contributed by atoms with E-state index >= 15 is 0 Å². The van der Waals surface area contributed by atoms with Gasteiger partial charge < -0.3 is 9.64 Å². The molecular formula is C16H21NO3. The molecular weight excluding hydrogens is 254 g/mol. The molecule has 20 heavy (non-hydrogen) atoms. The molecule has 1 aromatic rings. The number of ether oxygens (including phenoxy) is 1. The van der Waals surface area contributed by atoms with E-state index in [-0.39, 0.29) is 24.2 Å². The fourth-order valence-electron chi connectivity index (χ4n) is 2.52. The lowest BCUT2D eigenvalue weighted by atomic mass is 10.1. The fourth-order valence-corrected chi connectivity index (χ4v) is 2.52. The zero-order chi connectivity index (χ0) is 14.5. The summed E-state index contributed by atoms with van der Waals surface area (Å²) in [5, 5.41) is 0. The van der Waals surface area contributed by atoms with Gasteiger partial charge in [0.25, 0.3) is 0 Å². The quantitative estimate of drug-likeness (QED) is 0.748. The van der Waals surface area contributed by atoms with Crippen LogP contribution in [0.5, 0.6) is 0 Å². The van der Waals surface area contributed by atoms with Gasteiger partial charge in [0.15, 0.2) is 0 Å². The molecule has 4 nitrogen and oxygen atoms in total. The smallest absolute Gasteiger partial charge is 0.307 e. The minimum Gasteiger partial charge on any atom is -0.469 e. The highest BCUT2D eigenvalue weighted by molar-refractivity contribution is 5.83. The van der Waals surface area contributed by atoms with Crippen molar-refractivity contribution in [2.45, 2.75) is 25.7 Å². The van der Waals surface area contributed by atoms with Crippen molar-refractivity contribution in [3.8, 4) is 0 Å². The normalized spacial score (nSPS) is 20.3. The first-order valence-corrected chi connectivity index (χ1v) is 7.08. The summed E-state index contributed by atoms with van der Waals surface area (Å²) in [5.41, 5.74) is 1.23. The predicted octanol–water partition coefficient (Wildman–Crippen LogP) is 2.20. The number of carbonyl (C=O) groups is 2. The van der Waals surface area contributed by atoms with Gasteiger partial charge in [0.1, 0.15) is 0 Å². The second-order valence-electron chi connectivity index (χ2n) is 5.10. The van der Waals surface area contributed by atoms with Crippen LogP contribution < -0.4 is 0 Å². The Labute approximate surface area is 119 Å². The number of amides is 1. The Hall–Kier alpha value is -1.84. The van der Waals surface area contributed by atoms with E-state index in [0.29, 0.717) is 19.0 Å². The predicted molar refractivity (Wildman–Crippen MR) is 76.2 cm³/mol. The van der Waals surface area contributed by atoms with Crippen LogP contribution >= 0.6 is 0 Å². The molecule has 0 aromatic heterocycles. The van der Waals surface area contributed by atoms with Crippen LogP contribution in [-0.2, 0) is 14.3 Å². The van der Waals surface area contributed by atoms with Gasteiger partial charge in [-0.2, -0.15) is 0 Å². The maximum absolute atomic E-state index is 12.4. The third-order valence-electron chi connectivity index (χ3n) is 3.84. The van der Waals surface area contributed by atoms with Crippen LogP contribution in [0.1, 0.15) is 31.2 Å². The number of nitrogens with zero attached hydrogens (tertiary/aromatic N) is 1. The summed E-state index contributed by atoms with van der Waals surface area (Å²) in [6.07, 6.45) is 1.18.